The van der Waals surface area contributed by atoms with Crippen molar-refractivity contribution >= 4 is 11.9 Å². The van der Waals surface area contributed by atoms with Crippen molar-refractivity contribution in [2.24, 2.45) is 4.99 Å². The molecular weight excluding hydrogens is 232 g/mol. The van der Waals surface area contributed by atoms with E-state index in [2.05, 4.69) is 20.5 Å². The fraction of sp³-hybridized carbons (Fsp3) is 0.833. The standard InChI is InChI=1S/C12H24N4O2/c1-3-13-12(16-7-4-5-8-16)15-10-11(17)14-6-9-18-2/h3-10H2,1-2H3,(H,13,15)(H,14,17). The van der Waals surface area contributed by atoms with Crippen molar-refractivity contribution in [2.75, 3.05) is 46.4 Å². The summed E-state index contributed by atoms with van der Waals surface area (Å²) in [4.78, 5) is 18.1. The highest BCUT2D eigenvalue weighted by molar-refractivity contribution is 5.85. The Balaban J connectivity index is 2.36. The highest BCUT2D eigenvalue weighted by Gasteiger charge is 2.15. The van der Waals surface area contributed by atoms with Crippen LogP contribution in [-0.4, -0.2) is 63.2 Å². The van der Waals surface area contributed by atoms with Crippen LogP contribution in [-0.2, 0) is 9.53 Å². The molecule has 1 amide bonds. The van der Waals surface area contributed by atoms with Crippen molar-refractivity contribution in [3.8, 4) is 0 Å². The lowest BCUT2D eigenvalue weighted by atomic mass is 10.4. The smallest absolute Gasteiger partial charge is 0.241 e. The minimum Gasteiger partial charge on any atom is -0.383 e. The lowest BCUT2D eigenvalue weighted by Crippen LogP contribution is -2.40. The average molecular weight is 256 g/mol. The van der Waals surface area contributed by atoms with Gasteiger partial charge in [0.05, 0.1) is 6.61 Å². The Morgan fingerprint density at radius 2 is 2.06 bits per heavy atom. The Bertz CT molecular complexity index is 275. The molecule has 104 valence electrons. The van der Waals surface area contributed by atoms with E-state index in [0.29, 0.717) is 13.2 Å². The van der Waals surface area contributed by atoms with Crippen LogP contribution in [0.5, 0.6) is 0 Å². The van der Waals surface area contributed by atoms with Gasteiger partial charge in [-0.05, 0) is 19.8 Å². The van der Waals surface area contributed by atoms with E-state index in [1.807, 2.05) is 6.92 Å². The van der Waals surface area contributed by atoms with Crippen molar-refractivity contribution in [3.05, 3.63) is 0 Å². The molecular formula is C12H24N4O2. The van der Waals surface area contributed by atoms with E-state index in [1.54, 1.807) is 7.11 Å². The highest BCUT2D eigenvalue weighted by Crippen LogP contribution is 2.07. The number of carbonyl (C=O) groups is 1. The van der Waals surface area contributed by atoms with Crippen molar-refractivity contribution in [1.82, 2.24) is 15.5 Å². The second-order valence-corrected chi connectivity index (χ2v) is 4.21. The fourth-order valence-corrected chi connectivity index (χ4v) is 1.85. The van der Waals surface area contributed by atoms with E-state index in [0.717, 1.165) is 25.6 Å². The van der Waals surface area contributed by atoms with Crippen LogP contribution in [0.1, 0.15) is 19.8 Å². The van der Waals surface area contributed by atoms with Gasteiger partial charge in [-0.3, -0.25) is 4.79 Å². The summed E-state index contributed by atoms with van der Waals surface area (Å²) in [5, 5.41) is 5.97. The van der Waals surface area contributed by atoms with Crippen LogP contribution in [0.3, 0.4) is 0 Å². The topological polar surface area (TPSA) is 66.0 Å². The number of aliphatic imine (C=N–C) groups is 1. The van der Waals surface area contributed by atoms with Crippen LogP contribution >= 0.6 is 0 Å². The van der Waals surface area contributed by atoms with Crippen LogP contribution in [0.2, 0.25) is 0 Å². The van der Waals surface area contributed by atoms with Crippen LogP contribution < -0.4 is 10.6 Å². The average Bonchev–Trinajstić information content (AvgIpc) is 2.88. The summed E-state index contributed by atoms with van der Waals surface area (Å²) < 4.78 is 4.87. The number of guanidine groups is 1. The first-order valence-electron chi connectivity index (χ1n) is 6.56. The molecule has 0 bridgehead atoms. The van der Waals surface area contributed by atoms with E-state index < -0.39 is 0 Å². The molecule has 0 atom stereocenters. The van der Waals surface area contributed by atoms with Gasteiger partial charge in [-0.1, -0.05) is 0 Å². The minimum absolute atomic E-state index is 0.0679. The fourth-order valence-electron chi connectivity index (χ4n) is 1.85. The van der Waals surface area contributed by atoms with Gasteiger partial charge in [0.25, 0.3) is 0 Å². The van der Waals surface area contributed by atoms with E-state index in [1.165, 1.54) is 12.8 Å². The van der Waals surface area contributed by atoms with Crippen molar-refractivity contribution in [3.63, 3.8) is 0 Å². The zero-order valence-electron chi connectivity index (χ0n) is 11.4. The predicted molar refractivity (Wildman–Crippen MR) is 71.7 cm³/mol. The highest BCUT2D eigenvalue weighted by atomic mass is 16.5. The molecule has 1 fully saturated rings. The van der Waals surface area contributed by atoms with Crippen molar-refractivity contribution < 1.29 is 9.53 Å². The molecule has 1 aliphatic rings. The van der Waals surface area contributed by atoms with Crippen LogP contribution in [0, 0.1) is 0 Å². The van der Waals surface area contributed by atoms with Crippen molar-refractivity contribution in [2.45, 2.75) is 19.8 Å². The normalized spacial score (nSPS) is 15.9. The summed E-state index contributed by atoms with van der Waals surface area (Å²) in [6, 6.07) is 0. The third-order valence-corrected chi connectivity index (χ3v) is 2.74. The predicted octanol–water partition coefficient (Wildman–Crippen LogP) is -0.190. The zero-order chi connectivity index (χ0) is 13.2. The molecule has 1 saturated heterocycles. The summed E-state index contributed by atoms with van der Waals surface area (Å²) in [5.74, 6) is 0.776. The van der Waals surface area contributed by atoms with Gasteiger partial charge in [0.2, 0.25) is 5.91 Å². The zero-order valence-corrected chi connectivity index (χ0v) is 11.4. The third kappa shape index (κ3) is 5.35. The lowest BCUT2D eigenvalue weighted by Gasteiger charge is -2.20. The molecule has 1 aliphatic heterocycles. The first kappa shape index (κ1) is 14.8. The number of ether oxygens (including phenoxy) is 1. The second kappa shape index (κ2) is 8.74. The van der Waals surface area contributed by atoms with Crippen LogP contribution in [0.15, 0.2) is 4.99 Å². The number of amides is 1. The minimum atomic E-state index is -0.0679. The molecule has 2 N–H and O–H groups in total. The molecule has 6 nitrogen and oxygen atoms in total. The number of likely N-dealkylation sites (tertiary alicyclic amines) is 1. The SMILES string of the molecule is CCNC(=NCC(=O)NCCOC)N1CCCC1. The summed E-state index contributed by atoms with van der Waals surface area (Å²) in [6.07, 6.45) is 2.40. The third-order valence-electron chi connectivity index (χ3n) is 2.74. The number of carbonyl (C=O) groups excluding carboxylic acids is 1. The number of methoxy groups -OCH3 is 1. The first-order chi connectivity index (χ1) is 8.77. The molecule has 0 aliphatic carbocycles. The molecule has 1 heterocycles. The lowest BCUT2D eigenvalue weighted by molar-refractivity contribution is -0.119. The Morgan fingerprint density at radius 1 is 1.33 bits per heavy atom. The molecule has 1 rings (SSSR count). The Labute approximate surface area is 109 Å². The number of hydrogen-bond acceptors (Lipinski definition) is 3. The number of nitrogens with one attached hydrogen (secondary N) is 2. The van der Waals surface area contributed by atoms with E-state index in [-0.39, 0.29) is 12.5 Å². The van der Waals surface area contributed by atoms with Crippen molar-refractivity contribution in [1.29, 1.82) is 0 Å². The second-order valence-electron chi connectivity index (χ2n) is 4.21. The molecule has 0 spiro atoms. The molecule has 18 heavy (non-hydrogen) atoms. The molecule has 0 aromatic heterocycles. The maximum absolute atomic E-state index is 11.5. The number of rotatable bonds is 6. The number of hydrogen-bond donors (Lipinski definition) is 2. The summed E-state index contributed by atoms with van der Waals surface area (Å²) in [5.41, 5.74) is 0. The molecule has 0 aromatic carbocycles. The summed E-state index contributed by atoms with van der Waals surface area (Å²) >= 11 is 0. The van der Waals surface area contributed by atoms with Gasteiger partial charge in [0.15, 0.2) is 5.96 Å². The maximum Gasteiger partial charge on any atom is 0.241 e. The van der Waals surface area contributed by atoms with Gasteiger partial charge < -0.3 is 20.3 Å². The Hall–Kier alpha value is -1.30. The Morgan fingerprint density at radius 3 is 2.67 bits per heavy atom. The number of nitrogens with zero attached hydrogens (tertiary/aromatic N) is 2. The van der Waals surface area contributed by atoms with Gasteiger partial charge in [-0.25, -0.2) is 4.99 Å². The van der Waals surface area contributed by atoms with E-state index in [9.17, 15) is 4.79 Å². The van der Waals surface area contributed by atoms with Crippen LogP contribution in [0.4, 0.5) is 0 Å². The van der Waals surface area contributed by atoms with E-state index >= 15 is 0 Å². The molecule has 0 saturated carbocycles. The van der Waals surface area contributed by atoms with Crippen LogP contribution in [0.25, 0.3) is 0 Å². The summed E-state index contributed by atoms with van der Waals surface area (Å²) in [7, 11) is 1.61. The quantitative estimate of drug-likeness (QED) is 0.393. The van der Waals surface area contributed by atoms with Gasteiger partial charge in [0, 0.05) is 33.3 Å². The molecule has 0 aromatic rings. The molecule has 0 radical (unpaired) electrons. The Kier molecular flexibility index (Phi) is 7.17. The monoisotopic (exact) mass is 256 g/mol. The van der Waals surface area contributed by atoms with Gasteiger partial charge in [-0.15, -0.1) is 0 Å². The van der Waals surface area contributed by atoms with Gasteiger partial charge >= 0.3 is 0 Å². The first-order valence-corrected chi connectivity index (χ1v) is 6.56. The largest absolute Gasteiger partial charge is 0.383 e. The van der Waals surface area contributed by atoms with Gasteiger partial charge in [-0.2, -0.15) is 0 Å². The van der Waals surface area contributed by atoms with E-state index in [4.69, 9.17) is 4.74 Å². The maximum atomic E-state index is 11.5. The van der Waals surface area contributed by atoms with Gasteiger partial charge in [0.1, 0.15) is 6.54 Å². The molecule has 6 heteroatoms. The molecule has 0 unspecified atom stereocenters. The summed E-state index contributed by atoms with van der Waals surface area (Å²) in [6.45, 7) is 6.13.